The molecule has 0 spiro atoms. The molecule has 7 nitrogen and oxygen atoms in total. The first-order valence-corrected chi connectivity index (χ1v) is 11.3. The number of carbonyl (C=O) groups excluding carboxylic acids is 2. The Balaban J connectivity index is 1.60. The molecule has 0 saturated carbocycles. The van der Waals surface area contributed by atoms with Crippen molar-refractivity contribution < 1.29 is 23.5 Å². The fraction of sp³-hybridized carbons (Fsp3) is 0.259. The molecule has 1 aliphatic heterocycles. The van der Waals surface area contributed by atoms with Crippen LogP contribution in [-0.4, -0.2) is 43.6 Å². The van der Waals surface area contributed by atoms with Crippen LogP contribution in [0.25, 0.3) is 0 Å². The number of fused-ring (bicyclic) bond motifs is 1. The van der Waals surface area contributed by atoms with Gasteiger partial charge in [-0.3, -0.25) is 4.79 Å². The Hall–Kier alpha value is -4.07. The fourth-order valence-corrected chi connectivity index (χ4v) is 4.30. The lowest BCUT2D eigenvalue weighted by atomic mass is 9.88. The van der Waals surface area contributed by atoms with Crippen LogP contribution in [0.15, 0.2) is 66.7 Å². The zero-order chi connectivity index (χ0) is 24.9. The Bertz CT molecular complexity index is 1220. The van der Waals surface area contributed by atoms with E-state index in [0.717, 1.165) is 16.7 Å². The van der Waals surface area contributed by atoms with E-state index in [0.29, 0.717) is 24.5 Å². The summed E-state index contributed by atoms with van der Waals surface area (Å²) in [6, 6.07) is 17.8. The van der Waals surface area contributed by atoms with Crippen molar-refractivity contribution in [1.82, 2.24) is 10.2 Å². The number of ether oxygens (including phenoxy) is 2. The summed E-state index contributed by atoms with van der Waals surface area (Å²) in [5.41, 5.74) is 2.98. The molecule has 4 rings (SSSR count). The Morgan fingerprint density at radius 3 is 2.34 bits per heavy atom. The average Bonchev–Trinajstić information content (AvgIpc) is 2.88. The van der Waals surface area contributed by atoms with E-state index >= 15 is 0 Å². The maximum Gasteiger partial charge on any atom is 0.318 e. The zero-order valence-corrected chi connectivity index (χ0v) is 19.9. The largest absolute Gasteiger partial charge is 0.493 e. The average molecular weight is 478 g/mol. The number of amides is 3. The molecule has 0 aromatic heterocycles. The van der Waals surface area contributed by atoms with Gasteiger partial charge in [-0.2, -0.15) is 0 Å². The lowest BCUT2D eigenvalue weighted by Crippen LogP contribution is -2.51. The van der Waals surface area contributed by atoms with E-state index in [2.05, 4.69) is 10.6 Å². The summed E-state index contributed by atoms with van der Waals surface area (Å²) in [6.07, 6.45) is 0.613. The third-order valence-electron chi connectivity index (χ3n) is 6.11. The lowest BCUT2D eigenvalue weighted by molar-refractivity contribution is -0.117. The van der Waals surface area contributed by atoms with Crippen molar-refractivity contribution in [3.63, 3.8) is 0 Å². The fourth-order valence-electron chi connectivity index (χ4n) is 4.30. The zero-order valence-electron chi connectivity index (χ0n) is 19.9. The number of methoxy groups -OCH3 is 2. The molecule has 0 aliphatic carbocycles. The minimum Gasteiger partial charge on any atom is -0.493 e. The second-order valence-corrected chi connectivity index (χ2v) is 8.30. The molecule has 3 amide bonds. The van der Waals surface area contributed by atoms with Crippen molar-refractivity contribution in [3.05, 3.63) is 89.2 Å². The summed E-state index contributed by atoms with van der Waals surface area (Å²) in [6.45, 7) is 2.01. The summed E-state index contributed by atoms with van der Waals surface area (Å²) >= 11 is 0. The van der Waals surface area contributed by atoms with E-state index in [1.54, 1.807) is 38.2 Å². The first-order chi connectivity index (χ1) is 16.9. The lowest BCUT2D eigenvalue weighted by Gasteiger charge is -2.38. The number of benzene rings is 3. The number of para-hydroxylation sites is 1. The highest BCUT2D eigenvalue weighted by Crippen LogP contribution is 2.41. The van der Waals surface area contributed by atoms with Crippen molar-refractivity contribution in [2.24, 2.45) is 0 Å². The van der Waals surface area contributed by atoms with Gasteiger partial charge in [-0.05, 0) is 54.3 Å². The molecule has 0 unspecified atom stereocenters. The number of nitrogens with one attached hydrogen (secondary N) is 2. The molecule has 1 aliphatic rings. The van der Waals surface area contributed by atoms with Crippen molar-refractivity contribution >= 4 is 17.6 Å². The summed E-state index contributed by atoms with van der Waals surface area (Å²) < 4.78 is 24.9. The van der Waals surface area contributed by atoms with Gasteiger partial charge < -0.3 is 25.0 Å². The third-order valence-corrected chi connectivity index (χ3v) is 6.11. The molecular formula is C27H28FN3O4. The monoisotopic (exact) mass is 477 g/mol. The number of anilines is 1. The SMILES string of the molecule is COc1cc2c(cc1OC)[C@H](c1ccccc1)N(C(=O)N[C@@H](C)C(=O)Nc1ccccc1F)CC2. The van der Waals surface area contributed by atoms with Gasteiger partial charge in [0, 0.05) is 6.54 Å². The van der Waals surface area contributed by atoms with Crippen LogP contribution in [0.4, 0.5) is 14.9 Å². The van der Waals surface area contributed by atoms with Crippen LogP contribution in [0.1, 0.15) is 29.7 Å². The number of hydrogen-bond donors (Lipinski definition) is 2. The Kier molecular flexibility index (Phi) is 7.19. The third kappa shape index (κ3) is 5.06. The summed E-state index contributed by atoms with van der Waals surface area (Å²) in [5, 5.41) is 5.29. The molecule has 2 N–H and O–H groups in total. The van der Waals surface area contributed by atoms with Crippen LogP contribution in [0.3, 0.4) is 0 Å². The van der Waals surface area contributed by atoms with E-state index in [1.165, 1.54) is 12.1 Å². The van der Waals surface area contributed by atoms with E-state index in [9.17, 15) is 14.0 Å². The molecule has 0 saturated heterocycles. The number of carbonyl (C=O) groups is 2. The second kappa shape index (κ2) is 10.5. The number of urea groups is 1. The predicted molar refractivity (Wildman–Crippen MR) is 131 cm³/mol. The predicted octanol–water partition coefficient (Wildman–Crippen LogP) is 4.53. The number of hydrogen-bond acceptors (Lipinski definition) is 4. The van der Waals surface area contributed by atoms with E-state index in [4.69, 9.17) is 9.47 Å². The highest BCUT2D eigenvalue weighted by atomic mass is 19.1. The molecule has 182 valence electrons. The summed E-state index contributed by atoms with van der Waals surface area (Å²) in [5.74, 6) is 0.158. The standard InChI is InChI=1S/C27H28FN3O4/c1-17(26(32)30-22-12-8-7-11-21(22)28)29-27(33)31-14-13-19-15-23(34-2)24(35-3)16-20(19)25(31)18-9-5-4-6-10-18/h4-12,15-17,25H,13-14H2,1-3H3,(H,29,33)(H,30,32)/t17-,25-/m0/s1. The first kappa shape index (κ1) is 24.1. The molecule has 35 heavy (non-hydrogen) atoms. The topological polar surface area (TPSA) is 79.9 Å². The van der Waals surface area contributed by atoms with Gasteiger partial charge in [0.15, 0.2) is 11.5 Å². The van der Waals surface area contributed by atoms with Crippen LogP contribution in [-0.2, 0) is 11.2 Å². The van der Waals surface area contributed by atoms with Gasteiger partial charge in [-0.1, -0.05) is 42.5 Å². The van der Waals surface area contributed by atoms with Crippen molar-refractivity contribution in [2.45, 2.75) is 25.4 Å². The highest BCUT2D eigenvalue weighted by Gasteiger charge is 2.34. The maximum absolute atomic E-state index is 13.9. The minimum absolute atomic E-state index is 0.0636. The van der Waals surface area contributed by atoms with Gasteiger partial charge in [0.2, 0.25) is 5.91 Å². The molecular weight excluding hydrogens is 449 g/mol. The van der Waals surface area contributed by atoms with Crippen LogP contribution < -0.4 is 20.1 Å². The van der Waals surface area contributed by atoms with E-state index < -0.39 is 23.8 Å². The first-order valence-electron chi connectivity index (χ1n) is 11.3. The van der Waals surface area contributed by atoms with Crippen molar-refractivity contribution in [1.29, 1.82) is 0 Å². The number of halogens is 1. The smallest absolute Gasteiger partial charge is 0.318 e. The highest BCUT2D eigenvalue weighted by molar-refractivity contribution is 5.96. The summed E-state index contributed by atoms with van der Waals surface area (Å²) in [4.78, 5) is 27.8. The van der Waals surface area contributed by atoms with E-state index in [-0.39, 0.29) is 11.7 Å². The molecule has 3 aromatic carbocycles. The molecule has 3 aromatic rings. The quantitative estimate of drug-likeness (QED) is 0.547. The Labute approximate surface area is 203 Å². The summed E-state index contributed by atoms with van der Waals surface area (Å²) in [7, 11) is 3.17. The molecule has 2 atom stereocenters. The Morgan fingerprint density at radius 2 is 1.66 bits per heavy atom. The number of rotatable bonds is 6. The number of nitrogens with zero attached hydrogens (tertiary/aromatic N) is 1. The second-order valence-electron chi connectivity index (χ2n) is 8.30. The van der Waals surface area contributed by atoms with E-state index in [1.807, 2.05) is 42.5 Å². The van der Waals surface area contributed by atoms with Crippen molar-refractivity contribution in [2.75, 3.05) is 26.1 Å². The normalized spacial score (nSPS) is 15.5. The van der Waals surface area contributed by atoms with Crippen LogP contribution in [0.2, 0.25) is 0 Å². The molecule has 8 heteroatoms. The van der Waals surface area contributed by atoms with Crippen LogP contribution >= 0.6 is 0 Å². The van der Waals surface area contributed by atoms with Crippen molar-refractivity contribution in [3.8, 4) is 11.5 Å². The molecule has 0 fully saturated rings. The van der Waals surface area contributed by atoms with Crippen LogP contribution in [0.5, 0.6) is 11.5 Å². The van der Waals surface area contributed by atoms with Gasteiger partial charge >= 0.3 is 6.03 Å². The van der Waals surface area contributed by atoms with Gasteiger partial charge in [-0.15, -0.1) is 0 Å². The van der Waals surface area contributed by atoms with Gasteiger partial charge in [-0.25, -0.2) is 9.18 Å². The van der Waals surface area contributed by atoms with Gasteiger partial charge in [0.25, 0.3) is 0 Å². The molecule has 0 bridgehead atoms. The maximum atomic E-state index is 13.9. The van der Waals surface area contributed by atoms with Crippen LogP contribution in [0, 0.1) is 5.82 Å². The minimum atomic E-state index is -0.884. The molecule has 0 radical (unpaired) electrons. The Morgan fingerprint density at radius 1 is 1.00 bits per heavy atom. The molecule has 1 heterocycles. The van der Waals surface area contributed by atoms with Gasteiger partial charge in [0.1, 0.15) is 11.9 Å². The van der Waals surface area contributed by atoms with Gasteiger partial charge in [0.05, 0.1) is 25.9 Å².